The molecule has 0 saturated carbocycles. The molecule has 0 aliphatic heterocycles. The Morgan fingerprint density at radius 3 is 2.67 bits per heavy atom. The van der Waals surface area contributed by atoms with Gasteiger partial charge in [0.15, 0.2) is 0 Å². The van der Waals surface area contributed by atoms with Crippen LogP contribution in [0.25, 0.3) is 10.1 Å². The Balaban J connectivity index is 1.93. The van der Waals surface area contributed by atoms with E-state index in [1.54, 1.807) is 17.7 Å². The second kappa shape index (κ2) is 5.37. The fourth-order valence-corrected chi connectivity index (χ4v) is 3.81. The summed E-state index contributed by atoms with van der Waals surface area (Å²) in [6, 6.07) is 12.1. The zero-order chi connectivity index (χ0) is 15.0. The summed E-state index contributed by atoms with van der Waals surface area (Å²) in [5, 5.41) is 4.80. The predicted octanol–water partition coefficient (Wildman–Crippen LogP) is 4.08. The van der Waals surface area contributed by atoms with Crippen molar-refractivity contribution < 1.29 is 0 Å². The Labute approximate surface area is 127 Å². The van der Waals surface area contributed by atoms with Crippen LogP contribution in [-0.4, -0.2) is 4.57 Å². The Bertz CT molecular complexity index is 847. The molecule has 3 rings (SSSR count). The number of thiophene rings is 1. The highest BCUT2D eigenvalue weighted by Crippen LogP contribution is 2.35. The van der Waals surface area contributed by atoms with Crippen molar-refractivity contribution >= 4 is 27.1 Å². The van der Waals surface area contributed by atoms with Crippen molar-refractivity contribution in [3.8, 4) is 0 Å². The van der Waals surface area contributed by atoms with Gasteiger partial charge in [-0.25, -0.2) is 0 Å². The number of fused-ring (bicyclic) bond motifs is 1. The van der Waals surface area contributed by atoms with Gasteiger partial charge in [0, 0.05) is 28.9 Å². The highest BCUT2D eigenvalue weighted by molar-refractivity contribution is 7.19. The number of nitrogens with one attached hydrogen (secondary N) is 1. The first-order valence-corrected chi connectivity index (χ1v) is 7.79. The molecule has 21 heavy (non-hydrogen) atoms. The van der Waals surface area contributed by atoms with Crippen LogP contribution < -0.4 is 10.9 Å². The van der Waals surface area contributed by atoms with Crippen LogP contribution in [-0.2, 0) is 7.05 Å². The fraction of sp³-hybridized carbons (Fsp3) is 0.235. The van der Waals surface area contributed by atoms with Crippen LogP contribution in [0.2, 0.25) is 0 Å². The number of rotatable bonds is 3. The van der Waals surface area contributed by atoms with Gasteiger partial charge >= 0.3 is 0 Å². The molecular formula is C17H18N2OS. The first-order chi connectivity index (χ1) is 10.1. The van der Waals surface area contributed by atoms with E-state index in [0.717, 1.165) is 5.69 Å². The third-order valence-electron chi connectivity index (χ3n) is 3.74. The molecule has 108 valence electrons. The molecular weight excluding hydrogens is 280 g/mol. The van der Waals surface area contributed by atoms with Crippen LogP contribution in [0.15, 0.2) is 47.4 Å². The van der Waals surface area contributed by atoms with Gasteiger partial charge in [-0.1, -0.05) is 18.2 Å². The lowest BCUT2D eigenvalue weighted by molar-refractivity contribution is 0.844. The zero-order valence-corrected chi connectivity index (χ0v) is 13.2. The monoisotopic (exact) mass is 298 g/mol. The molecule has 0 spiro atoms. The van der Waals surface area contributed by atoms with E-state index in [9.17, 15) is 4.79 Å². The van der Waals surface area contributed by atoms with Crippen LogP contribution in [0, 0.1) is 6.92 Å². The summed E-state index contributed by atoms with van der Waals surface area (Å²) >= 11 is 1.83. The van der Waals surface area contributed by atoms with Crippen molar-refractivity contribution in [2.45, 2.75) is 19.9 Å². The predicted molar refractivity (Wildman–Crippen MR) is 90.3 cm³/mol. The first-order valence-electron chi connectivity index (χ1n) is 6.97. The maximum absolute atomic E-state index is 11.4. The van der Waals surface area contributed by atoms with E-state index in [0.29, 0.717) is 0 Å². The van der Waals surface area contributed by atoms with Crippen molar-refractivity contribution in [3.63, 3.8) is 0 Å². The lowest BCUT2D eigenvalue weighted by Gasteiger charge is -2.15. The van der Waals surface area contributed by atoms with Gasteiger partial charge in [0.05, 0.1) is 11.7 Å². The van der Waals surface area contributed by atoms with Crippen molar-refractivity contribution in [2.75, 3.05) is 5.32 Å². The molecule has 2 heterocycles. The quantitative estimate of drug-likeness (QED) is 0.790. The number of nitrogens with zero attached hydrogens (tertiary/aromatic N) is 1. The molecule has 3 aromatic rings. The summed E-state index contributed by atoms with van der Waals surface area (Å²) in [6.45, 7) is 4.33. The SMILES string of the molecule is Cc1c(C(C)Nc2ccc(=O)n(C)c2)sc2ccccc12. The van der Waals surface area contributed by atoms with E-state index in [2.05, 4.69) is 43.4 Å². The minimum atomic E-state index is 0.00578. The summed E-state index contributed by atoms with van der Waals surface area (Å²) in [4.78, 5) is 12.8. The van der Waals surface area contributed by atoms with Gasteiger partial charge < -0.3 is 9.88 Å². The Morgan fingerprint density at radius 1 is 1.19 bits per heavy atom. The van der Waals surface area contributed by atoms with Gasteiger partial charge in [-0.2, -0.15) is 0 Å². The van der Waals surface area contributed by atoms with E-state index in [1.165, 1.54) is 20.5 Å². The summed E-state index contributed by atoms with van der Waals surface area (Å²) in [7, 11) is 1.77. The second-order valence-corrected chi connectivity index (χ2v) is 6.40. The summed E-state index contributed by atoms with van der Waals surface area (Å²) in [6.07, 6.45) is 1.83. The standard InChI is InChI=1S/C17H18N2OS/c1-11-14-6-4-5-7-15(14)21-17(11)12(2)18-13-8-9-16(20)19(3)10-13/h4-10,12,18H,1-3H3. The Hall–Kier alpha value is -2.07. The highest BCUT2D eigenvalue weighted by Gasteiger charge is 2.14. The Kier molecular flexibility index (Phi) is 3.55. The molecule has 0 aliphatic carbocycles. The minimum absolute atomic E-state index is 0.00578. The largest absolute Gasteiger partial charge is 0.377 e. The van der Waals surface area contributed by atoms with Crippen molar-refractivity contribution in [1.29, 1.82) is 0 Å². The molecule has 1 unspecified atom stereocenters. The van der Waals surface area contributed by atoms with Gasteiger partial charge in [-0.3, -0.25) is 4.79 Å². The van der Waals surface area contributed by atoms with Crippen LogP contribution >= 0.6 is 11.3 Å². The van der Waals surface area contributed by atoms with Gasteiger partial charge in [0.1, 0.15) is 0 Å². The van der Waals surface area contributed by atoms with E-state index < -0.39 is 0 Å². The molecule has 4 heteroatoms. The number of benzene rings is 1. The van der Waals surface area contributed by atoms with Crippen LogP contribution in [0.4, 0.5) is 5.69 Å². The second-order valence-electron chi connectivity index (χ2n) is 5.32. The molecule has 3 nitrogen and oxygen atoms in total. The van der Waals surface area contributed by atoms with Gasteiger partial charge in [0.25, 0.3) is 0 Å². The maximum Gasteiger partial charge on any atom is 0.250 e. The molecule has 1 atom stereocenters. The van der Waals surface area contributed by atoms with Crippen LogP contribution in [0.5, 0.6) is 0 Å². The van der Waals surface area contributed by atoms with Crippen molar-refractivity contribution in [1.82, 2.24) is 4.57 Å². The highest BCUT2D eigenvalue weighted by atomic mass is 32.1. The first kappa shape index (κ1) is 13.9. The fourth-order valence-electron chi connectivity index (χ4n) is 2.60. The zero-order valence-electron chi connectivity index (χ0n) is 12.4. The van der Waals surface area contributed by atoms with E-state index in [4.69, 9.17) is 0 Å². The molecule has 1 N–H and O–H groups in total. The third-order valence-corrected chi connectivity index (χ3v) is 5.20. The summed E-state index contributed by atoms with van der Waals surface area (Å²) in [5.41, 5.74) is 2.30. The van der Waals surface area contributed by atoms with Gasteiger partial charge in [-0.15, -0.1) is 11.3 Å². The average Bonchev–Trinajstić information content (AvgIpc) is 2.81. The lowest BCUT2D eigenvalue weighted by atomic mass is 10.1. The molecule has 1 aromatic carbocycles. The smallest absolute Gasteiger partial charge is 0.250 e. The third kappa shape index (κ3) is 2.59. The number of hydrogen-bond acceptors (Lipinski definition) is 3. The molecule has 0 amide bonds. The van der Waals surface area contributed by atoms with Gasteiger partial charge in [-0.05, 0) is 36.9 Å². The van der Waals surface area contributed by atoms with E-state index in [1.807, 2.05) is 23.6 Å². The number of pyridine rings is 1. The van der Waals surface area contributed by atoms with Crippen LogP contribution in [0.3, 0.4) is 0 Å². The van der Waals surface area contributed by atoms with Crippen molar-refractivity contribution in [3.05, 3.63) is 63.4 Å². The van der Waals surface area contributed by atoms with E-state index >= 15 is 0 Å². The number of aryl methyl sites for hydroxylation is 2. The minimum Gasteiger partial charge on any atom is -0.377 e. The topological polar surface area (TPSA) is 34.0 Å². The summed E-state index contributed by atoms with van der Waals surface area (Å²) in [5.74, 6) is 0. The maximum atomic E-state index is 11.4. The molecule has 0 saturated heterocycles. The lowest BCUT2D eigenvalue weighted by Crippen LogP contribution is -2.16. The number of anilines is 1. The molecule has 0 radical (unpaired) electrons. The van der Waals surface area contributed by atoms with E-state index in [-0.39, 0.29) is 11.6 Å². The van der Waals surface area contributed by atoms with Crippen LogP contribution in [0.1, 0.15) is 23.4 Å². The normalized spacial score (nSPS) is 12.5. The average molecular weight is 298 g/mol. The number of hydrogen-bond donors (Lipinski definition) is 1. The van der Waals surface area contributed by atoms with Gasteiger partial charge in [0.2, 0.25) is 5.56 Å². The Morgan fingerprint density at radius 2 is 1.95 bits per heavy atom. The molecule has 0 aliphatic rings. The number of aromatic nitrogens is 1. The molecule has 0 bridgehead atoms. The summed E-state index contributed by atoms with van der Waals surface area (Å²) < 4.78 is 2.91. The van der Waals surface area contributed by atoms with Crippen molar-refractivity contribution in [2.24, 2.45) is 7.05 Å². The molecule has 2 aromatic heterocycles. The molecule has 0 fully saturated rings.